The van der Waals surface area contributed by atoms with E-state index in [4.69, 9.17) is 16.3 Å². The van der Waals surface area contributed by atoms with Gasteiger partial charge in [-0.05, 0) is 48.4 Å². The van der Waals surface area contributed by atoms with E-state index in [2.05, 4.69) is 24.4 Å². The Kier molecular flexibility index (Phi) is 5.39. The predicted octanol–water partition coefficient (Wildman–Crippen LogP) is 5.84. The average molecular weight is 338 g/mol. The van der Waals surface area contributed by atoms with E-state index in [0.29, 0.717) is 18.2 Å². The summed E-state index contributed by atoms with van der Waals surface area (Å²) in [5.74, 6) is 0.853. The maximum absolute atomic E-state index is 6.16. The largest absolute Gasteiger partial charge is 0.489 e. The maximum atomic E-state index is 6.16. The highest BCUT2D eigenvalue weighted by molar-refractivity contribution is 6.30. The maximum Gasteiger partial charge on any atom is 0.124 e. The zero-order valence-electron chi connectivity index (χ0n) is 13.6. The molecular formula is C21H20ClNO. The molecular weight excluding hydrogens is 318 g/mol. The molecule has 24 heavy (non-hydrogen) atoms. The molecule has 0 saturated carbocycles. The van der Waals surface area contributed by atoms with E-state index in [9.17, 15) is 0 Å². The normalized spacial score (nSPS) is 10.4. The fourth-order valence-electron chi connectivity index (χ4n) is 2.51. The van der Waals surface area contributed by atoms with Crippen LogP contribution in [0.25, 0.3) is 0 Å². The third-order valence-electron chi connectivity index (χ3n) is 3.92. The molecule has 3 aromatic rings. The zero-order valence-corrected chi connectivity index (χ0v) is 14.4. The Labute approximate surface area is 148 Å². The van der Waals surface area contributed by atoms with Crippen LogP contribution in [0.15, 0.2) is 72.8 Å². The zero-order chi connectivity index (χ0) is 16.8. The summed E-state index contributed by atoms with van der Waals surface area (Å²) < 4.78 is 6.05. The lowest BCUT2D eigenvalue weighted by Gasteiger charge is -2.14. The Morgan fingerprint density at radius 2 is 1.62 bits per heavy atom. The molecule has 0 atom stereocenters. The van der Waals surface area contributed by atoms with Crippen molar-refractivity contribution in [1.29, 1.82) is 0 Å². The highest BCUT2D eigenvalue weighted by Gasteiger charge is 2.06. The average Bonchev–Trinajstić information content (AvgIpc) is 2.61. The highest BCUT2D eigenvalue weighted by atomic mass is 35.5. The van der Waals surface area contributed by atoms with E-state index in [1.165, 1.54) is 11.1 Å². The lowest BCUT2D eigenvalue weighted by atomic mass is 10.1. The Balaban J connectivity index is 1.72. The van der Waals surface area contributed by atoms with Crippen molar-refractivity contribution in [3.05, 3.63) is 94.5 Å². The monoisotopic (exact) mass is 337 g/mol. The molecule has 0 spiro atoms. The van der Waals surface area contributed by atoms with Crippen LogP contribution in [0.4, 0.5) is 5.69 Å². The van der Waals surface area contributed by atoms with E-state index in [1.54, 1.807) is 0 Å². The Bertz CT molecular complexity index is 802. The van der Waals surface area contributed by atoms with Gasteiger partial charge in [-0.3, -0.25) is 0 Å². The number of rotatable bonds is 6. The minimum Gasteiger partial charge on any atom is -0.489 e. The summed E-state index contributed by atoms with van der Waals surface area (Å²) in [6.07, 6.45) is 0. The number of ether oxygens (including phenoxy) is 1. The van der Waals surface area contributed by atoms with Gasteiger partial charge < -0.3 is 10.1 Å². The predicted molar refractivity (Wildman–Crippen MR) is 101 cm³/mol. The first kappa shape index (κ1) is 16.4. The molecule has 3 rings (SSSR count). The SMILES string of the molecule is Cc1ccccc1COc1ccc(Cl)cc1CNc1ccccc1. The molecule has 0 aromatic heterocycles. The highest BCUT2D eigenvalue weighted by Crippen LogP contribution is 2.25. The van der Waals surface area contributed by atoms with E-state index in [-0.39, 0.29) is 0 Å². The van der Waals surface area contributed by atoms with Gasteiger partial charge in [0, 0.05) is 22.8 Å². The standard InChI is InChI=1S/C21H20ClNO/c1-16-7-5-6-8-17(16)15-24-21-12-11-19(22)13-18(21)14-23-20-9-3-2-4-10-20/h2-13,23H,14-15H2,1H3. The summed E-state index contributed by atoms with van der Waals surface area (Å²) >= 11 is 6.16. The van der Waals surface area contributed by atoms with Crippen LogP contribution in [0.3, 0.4) is 0 Å². The van der Waals surface area contributed by atoms with Crippen molar-refractivity contribution >= 4 is 17.3 Å². The third-order valence-corrected chi connectivity index (χ3v) is 4.16. The molecule has 0 aliphatic heterocycles. The van der Waals surface area contributed by atoms with Gasteiger partial charge in [-0.1, -0.05) is 54.1 Å². The topological polar surface area (TPSA) is 21.3 Å². The van der Waals surface area contributed by atoms with Gasteiger partial charge in [0.25, 0.3) is 0 Å². The fourth-order valence-corrected chi connectivity index (χ4v) is 2.70. The molecule has 0 heterocycles. The number of anilines is 1. The second-order valence-corrected chi connectivity index (χ2v) is 6.12. The van der Waals surface area contributed by atoms with Crippen LogP contribution in [0.2, 0.25) is 5.02 Å². The van der Waals surface area contributed by atoms with Crippen LogP contribution in [0.5, 0.6) is 5.75 Å². The Hall–Kier alpha value is -2.45. The lowest BCUT2D eigenvalue weighted by molar-refractivity contribution is 0.302. The second kappa shape index (κ2) is 7.89. The first-order valence-electron chi connectivity index (χ1n) is 7.97. The summed E-state index contributed by atoms with van der Waals surface area (Å²) in [4.78, 5) is 0. The van der Waals surface area contributed by atoms with Crippen molar-refractivity contribution in [3.63, 3.8) is 0 Å². The van der Waals surface area contributed by atoms with Crippen LogP contribution in [-0.2, 0) is 13.2 Å². The van der Waals surface area contributed by atoms with Gasteiger partial charge in [-0.25, -0.2) is 0 Å². The molecule has 2 nitrogen and oxygen atoms in total. The smallest absolute Gasteiger partial charge is 0.124 e. The van der Waals surface area contributed by atoms with Crippen molar-refractivity contribution in [2.24, 2.45) is 0 Å². The summed E-state index contributed by atoms with van der Waals surface area (Å²) in [5, 5.41) is 4.11. The molecule has 0 bridgehead atoms. The molecule has 3 aromatic carbocycles. The number of aryl methyl sites for hydroxylation is 1. The van der Waals surface area contributed by atoms with Crippen molar-refractivity contribution < 1.29 is 4.74 Å². The summed E-state index contributed by atoms with van der Waals surface area (Å²) in [7, 11) is 0. The molecule has 0 radical (unpaired) electrons. The minimum atomic E-state index is 0.548. The quantitative estimate of drug-likeness (QED) is 0.610. The molecule has 0 aliphatic rings. The molecule has 3 heteroatoms. The van der Waals surface area contributed by atoms with E-state index >= 15 is 0 Å². The molecule has 0 amide bonds. The van der Waals surface area contributed by atoms with Crippen molar-refractivity contribution in [2.45, 2.75) is 20.1 Å². The first-order chi connectivity index (χ1) is 11.7. The van der Waals surface area contributed by atoms with Gasteiger partial charge in [0.2, 0.25) is 0 Å². The van der Waals surface area contributed by atoms with Gasteiger partial charge in [0.05, 0.1) is 0 Å². The molecule has 122 valence electrons. The summed E-state index contributed by atoms with van der Waals surface area (Å²) in [6, 6.07) is 24.1. The van der Waals surface area contributed by atoms with E-state index in [1.807, 2.05) is 60.7 Å². The van der Waals surface area contributed by atoms with Crippen LogP contribution in [0.1, 0.15) is 16.7 Å². The third kappa shape index (κ3) is 4.30. The number of nitrogens with one attached hydrogen (secondary N) is 1. The van der Waals surface area contributed by atoms with Gasteiger partial charge in [-0.2, -0.15) is 0 Å². The van der Waals surface area contributed by atoms with Crippen LogP contribution >= 0.6 is 11.6 Å². The van der Waals surface area contributed by atoms with Gasteiger partial charge in [-0.15, -0.1) is 0 Å². The van der Waals surface area contributed by atoms with Crippen molar-refractivity contribution in [3.8, 4) is 5.75 Å². The molecule has 0 aliphatic carbocycles. The van der Waals surface area contributed by atoms with Gasteiger partial charge >= 0.3 is 0 Å². The number of para-hydroxylation sites is 1. The van der Waals surface area contributed by atoms with Crippen LogP contribution < -0.4 is 10.1 Å². The van der Waals surface area contributed by atoms with Crippen LogP contribution in [-0.4, -0.2) is 0 Å². The van der Waals surface area contributed by atoms with Crippen LogP contribution in [0, 0.1) is 6.92 Å². The van der Waals surface area contributed by atoms with E-state index < -0.39 is 0 Å². The molecule has 0 saturated heterocycles. The van der Waals surface area contributed by atoms with Gasteiger partial charge in [0.15, 0.2) is 0 Å². The number of halogens is 1. The Morgan fingerprint density at radius 3 is 2.42 bits per heavy atom. The van der Waals surface area contributed by atoms with Crippen molar-refractivity contribution in [2.75, 3.05) is 5.32 Å². The number of hydrogen-bond donors (Lipinski definition) is 1. The van der Waals surface area contributed by atoms with Gasteiger partial charge in [0.1, 0.15) is 12.4 Å². The molecule has 0 unspecified atom stereocenters. The Morgan fingerprint density at radius 1 is 0.875 bits per heavy atom. The van der Waals surface area contributed by atoms with E-state index in [0.717, 1.165) is 17.0 Å². The number of benzene rings is 3. The lowest BCUT2D eigenvalue weighted by Crippen LogP contribution is -2.04. The fraction of sp³-hybridized carbons (Fsp3) is 0.143. The van der Waals surface area contributed by atoms with Crippen molar-refractivity contribution in [1.82, 2.24) is 0 Å². The summed E-state index contributed by atoms with van der Waals surface area (Å²) in [5.41, 5.74) is 4.53. The summed E-state index contributed by atoms with van der Waals surface area (Å²) in [6.45, 7) is 3.30. The first-order valence-corrected chi connectivity index (χ1v) is 8.35. The molecule has 1 N–H and O–H groups in total. The number of hydrogen-bond acceptors (Lipinski definition) is 2. The minimum absolute atomic E-state index is 0.548. The molecule has 0 fully saturated rings. The second-order valence-electron chi connectivity index (χ2n) is 5.69.